The minimum Gasteiger partial charge on any atom is -0.487 e. The Morgan fingerprint density at radius 3 is 2.31 bits per heavy atom. The van der Waals surface area contributed by atoms with Crippen LogP contribution in [0.25, 0.3) is 22.2 Å². The smallest absolute Gasteiger partial charge is 0.329 e. The lowest BCUT2D eigenvalue weighted by Gasteiger charge is -2.38. The molecule has 4 aliphatic rings. The number of carbonyl (C=O) groups excluding carboxylic acids is 5. The van der Waals surface area contributed by atoms with Crippen LogP contribution >= 0.6 is 11.6 Å². The molecule has 10 atom stereocenters. The zero-order chi connectivity index (χ0) is 68.6. The number of anilines is 2. The summed E-state index contributed by atoms with van der Waals surface area (Å²) >= 11 is 6.63. The number of piperazine rings is 1. The fourth-order valence-electron chi connectivity index (χ4n) is 13.9. The van der Waals surface area contributed by atoms with Crippen LogP contribution in [0.4, 0.5) is 15.9 Å². The first-order valence-corrected chi connectivity index (χ1v) is 34.4. The number of methoxy groups -OCH3 is 3. The van der Waals surface area contributed by atoms with E-state index < -0.39 is 65.6 Å². The Labute approximate surface area is 567 Å². The first-order chi connectivity index (χ1) is 46.1. The van der Waals surface area contributed by atoms with Crippen LogP contribution in [-0.2, 0) is 56.1 Å². The molecule has 3 aliphatic heterocycles. The number of nitrogens with zero attached hydrogens (tertiary/aromatic N) is 5. The van der Waals surface area contributed by atoms with Gasteiger partial charge in [0.25, 0.3) is 11.7 Å². The molecule has 2 amide bonds. The lowest BCUT2D eigenvalue weighted by atomic mass is 9.82. The second-order valence-electron chi connectivity index (χ2n) is 26.8. The van der Waals surface area contributed by atoms with E-state index in [4.69, 9.17) is 39.7 Å². The number of Topliss-reactive ketones (excluding diaryl/α,β-unsaturated/α-hetero) is 2. The third-order valence-corrected chi connectivity index (χ3v) is 20.1. The highest BCUT2D eigenvalue weighted by Gasteiger charge is 2.48. The van der Waals surface area contributed by atoms with Crippen molar-refractivity contribution < 1.29 is 71.8 Å². The zero-order valence-electron chi connectivity index (χ0n) is 56.5. The number of aromatic nitrogens is 2. The Kier molecular flexibility index (Phi) is 26.3. The minimum atomic E-state index is -3.06. The number of aliphatic hydroxyl groups excluding tert-OH is 1. The topological polar surface area (TPSA) is 253 Å². The van der Waals surface area contributed by atoms with Gasteiger partial charge < -0.3 is 58.5 Å². The maximum atomic E-state index is 14.8. The summed E-state index contributed by atoms with van der Waals surface area (Å²) in [5.41, 5.74) is 4.48. The maximum absolute atomic E-state index is 14.8. The van der Waals surface area contributed by atoms with Crippen molar-refractivity contribution in [1.29, 1.82) is 0 Å². The summed E-state index contributed by atoms with van der Waals surface area (Å²) in [5.74, 6) is -7.13. The molecule has 5 heterocycles. The van der Waals surface area contributed by atoms with E-state index in [1.807, 2.05) is 61.2 Å². The lowest BCUT2D eigenvalue weighted by molar-refractivity contribution is -0.208. The normalized spacial score (nSPS) is 26.6. The van der Waals surface area contributed by atoms with Crippen molar-refractivity contribution in [2.75, 3.05) is 59.4 Å². The van der Waals surface area contributed by atoms with E-state index in [2.05, 4.69) is 26.3 Å². The SMILES string of the molecule is CO[C@@H]1CCC[C@@H](OC)C[C@@H](C)C(O)(O)C(=O)C(=O)N2CCCC[C@H]2C(=O)O[C@H](/C(C)=C/[C@@H]2CCC[C@H](OC)C2)[C@H](C)[C@@H](O)CC(=O)[C@H](CCCC(=O)N2CCN(Cc3ccc(-c4ccc5ncnc(Nc6ccc(OCc7cccc(F)c7)c(Cl)c6)c5c4)o3)CC2)/C=C(\C)C1. The number of fused-ring (bicyclic) bond motifs is 2. The summed E-state index contributed by atoms with van der Waals surface area (Å²) in [4.78, 5) is 85.6. The number of amides is 2. The van der Waals surface area contributed by atoms with Crippen LogP contribution in [0.3, 0.4) is 0 Å². The van der Waals surface area contributed by atoms with Gasteiger partial charge in [-0.15, -0.1) is 0 Å². The van der Waals surface area contributed by atoms with E-state index in [-0.39, 0.29) is 74.5 Å². The molecule has 2 aromatic heterocycles. The van der Waals surface area contributed by atoms with Crippen molar-refractivity contribution in [3.05, 3.63) is 125 Å². The Morgan fingerprint density at radius 1 is 0.833 bits per heavy atom. The lowest BCUT2D eigenvalue weighted by Crippen LogP contribution is -2.58. The number of furan rings is 1. The van der Waals surface area contributed by atoms with E-state index in [1.54, 1.807) is 45.4 Å². The molecule has 1 saturated carbocycles. The number of nitrogens with one attached hydrogen (secondary N) is 1. The molecule has 22 heteroatoms. The molecule has 520 valence electrons. The van der Waals surface area contributed by atoms with Gasteiger partial charge in [0.2, 0.25) is 11.7 Å². The average molecular weight is 1350 g/mol. The summed E-state index contributed by atoms with van der Waals surface area (Å²) in [6, 6.07) is 20.0. The molecule has 0 spiro atoms. The summed E-state index contributed by atoms with van der Waals surface area (Å²) < 4.78 is 49.9. The third kappa shape index (κ3) is 19.4. The third-order valence-electron chi connectivity index (χ3n) is 19.8. The second kappa shape index (κ2) is 34.5. The van der Waals surface area contributed by atoms with Crippen molar-refractivity contribution in [1.82, 2.24) is 24.7 Å². The van der Waals surface area contributed by atoms with Gasteiger partial charge in [-0.05, 0) is 175 Å². The molecule has 4 N–H and O–H groups in total. The molecule has 0 unspecified atom stereocenters. The molecule has 96 heavy (non-hydrogen) atoms. The van der Waals surface area contributed by atoms with Crippen LogP contribution in [0.2, 0.25) is 5.02 Å². The number of ketones is 2. The van der Waals surface area contributed by atoms with E-state index in [0.29, 0.717) is 123 Å². The molecule has 3 fully saturated rings. The van der Waals surface area contributed by atoms with Gasteiger partial charge in [0, 0.05) is 101 Å². The van der Waals surface area contributed by atoms with E-state index in [9.17, 15) is 43.7 Å². The molecule has 0 bridgehead atoms. The number of benzene rings is 3. The van der Waals surface area contributed by atoms with E-state index in [1.165, 1.54) is 32.5 Å². The number of aliphatic hydroxyl groups is 3. The number of carbonyl (C=O) groups is 5. The zero-order valence-corrected chi connectivity index (χ0v) is 57.3. The summed E-state index contributed by atoms with van der Waals surface area (Å²) in [7, 11) is 4.82. The largest absolute Gasteiger partial charge is 0.487 e. The summed E-state index contributed by atoms with van der Waals surface area (Å²) in [6.45, 7) is 9.99. The first kappa shape index (κ1) is 73.3. The molecule has 9 rings (SSSR count). The van der Waals surface area contributed by atoms with Crippen molar-refractivity contribution in [2.45, 2.75) is 186 Å². The average Bonchev–Trinajstić information content (AvgIpc) is 1.19. The molecular formula is C74H96ClFN6O14. The number of hydrogen-bond acceptors (Lipinski definition) is 18. The fourth-order valence-corrected chi connectivity index (χ4v) is 14.2. The number of esters is 1. The number of hydrogen-bond donors (Lipinski definition) is 4. The van der Waals surface area contributed by atoms with Crippen LogP contribution in [0.15, 0.2) is 107 Å². The Bertz CT molecular complexity index is 3540. The summed E-state index contributed by atoms with van der Waals surface area (Å²) in [6.07, 6.45) is 10.0. The molecule has 0 radical (unpaired) electrons. The van der Waals surface area contributed by atoms with Crippen LogP contribution in [0, 0.1) is 29.5 Å². The van der Waals surface area contributed by atoms with Crippen molar-refractivity contribution in [2.24, 2.45) is 23.7 Å². The molecule has 3 aromatic carbocycles. The quantitative estimate of drug-likeness (QED) is 0.0292. The van der Waals surface area contributed by atoms with Crippen LogP contribution in [-0.4, -0.2) is 166 Å². The Balaban J connectivity index is 0.844. The molecule has 20 nitrogen and oxygen atoms in total. The fraction of sp³-hybridized carbons (Fsp3) is 0.554. The maximum Gasteiger partial charge on any atom is 0.329 e. The predicted octanol–water partition coefficient (Wildman–Crippen LogP) is 11.7. The van der Waals surface area contributed by atoms with Gasteiger partial charge >= 0.3 is 5.97 Å². The minimum absolute atomic E-state index is 0.0112. The highest BCUT2D eigenvalue weighted by atomic mass is 35.5. The van der Waals surface area contributed by atoms with Gasteiger partial charge in [-0.3, -0.25) is 24.1 Å². The molecular weight excluding hydrogens is 1250 g/mol. The van der Waals surface area contributed by atoms with Crippen molar-refractivity contribution in [3.8, 4) is 17.1 Å². The number of ether oxygens (including phenoxy) is 5. The van der Waals surface area contributed by atoms with E-state index >= 15 is 0 Å². The van der Waals surface area contributed by atoms with Crippen LogP contribution < -0.4 is 10.1 Å². The van der Waals surface area contributed by atoms with Gasteiger partial charge in [0.1, 0.15) is 59.8 Å². The summed E-state index contributed by atoms with van der Waals surface area (Å²) in [5, 5.41) is 39.4. The number of allylic oxidation sites excluding steroid dienone is 2. The van der Waals surface area contributed by atoms with Crippen molar-refractivity contribution >= 4 is 63.4 Å². The Morgan fingerprint density at radius 2 is 1.57 bits per heavy atom. The highest BCUT2D eigenvalue weighted by molar-refractivity contribution is 6.39. The molecule has 1 aliphatic carbocycles. The first-order valence-electron chi connectivity index (χ1n) is 34.0. The Hall–Kier alpha value is -6.95. The second-order valence-corrected chi connectivity index (χ2v) is 27.2. The number of rotatable bonds is 17. The van der Waals surface area contributed by atoms with E-state index in [0.717, 1.165) is 58.4 Å². The van der Waals surface area contributed by atoms with Crippen LogP contribution in [0.1, 0.15) is 142 Å². The number of piperidine rings is 1. The molecule has 5 aromatic rings. The van der Waals surface area contributed by atoms with Crippen LogP contribution in [0.5, 0.6) is 5.75 Å². The van der Waals surface area contributed by atoms with Gasteiger partial charge in [-0.1, -0.05) is 61.7 Å². The van der Waals surface area contributed by atoms with Gasteiger partial charge in [-0.25, -0.2) is 19.2 Å². The highest BCUT2D eigenvalue weighted by Crippen LogP contribution is 2.36. The van der Waals surface area contributed by atoms with Gasteiger partial charge in [-0.2, -0.15) is 0 Å². The van der Waals surface area contributed by atoms with Gasteiger partial charge in [0.05, 0.1) is 41.5 Å². The predicted molar refractivity (Wildman–Crippen MR) is 362 cm³/mol. The van der Waals surface area contributed by atoms with Gasteiger partial charge in [0.15, 0.2) is 0 Å². The molecule has 2 saturated heterocycles. The number of cyclic esters (lactones) is 1. The van der Waals surface area contributed by atoms with Crippen molar-refractivity contribution in [3.63, 3.8) is 0 Å². The number of halogens is 2. The standard InChI is InChI=1S/C74H96ClFN6O14/c1-46-34-52(16-12-22-68(85)81-32-30-80(31-33-81)43-59-25-28-66(95-59)53-23-26-62-60(40-53)71(78-45-77-62)79-55-24-27-67(61(75)41-55)94-44-51-15-10-17-54(76)38-51)65(84)42-64(83)49(4)69(47(2)36-50-14-11-18-58(39-50)93-7)96-73(88)63-21-8-9-29-82(63)72(87)70(86)74(89,90)48(3)37-57(92-6)20-13-19-56(35-46)91-5/h10,15,17,23-28,34,36,38,40-41,45,48-50,52,56-58,63-64,69,83,89-90H,8-9,11-14,16,18-22,29-33,35,37,39,42-44H2,1-7H3,(H,77,78,79)/b46-34+,47-36+/t48-,49-,50+,52-,56-,57-,58+,63+,64+,69-/m1/s1. The monoisotopic (exact) mass is 1350 g/mol.